The number of hydrogen-bond acceptors (Lipinski definition) is 5. The Morgan fingerprint density at radius 2 is 1.83 bits per heavy atom. The summed E-state index contributed by atoms with van der Waals surface area (Å²) in [6, 6.07) is 12.9. The molecular formula is C23H23NO5. The van der Waals surface area contributed by atoms with Crippen LogP contribution in [-0.4, -0.2) is 43.6 Å². The average Bonchev–Trinajstić information content (AvgIpc) is 3.27. The van der Waals surface area contributed by atoms with E-state index in [4.69, 9.17) is 14.2 Å². The van der Waals surface area contributed by atoms with Gasteiger partial charge >= 0.3 is 5.97 Å². The Morgan fingerprint density at radius 3 is 2.59 bits per heavy atom. The normalized spacial score (nSPS) is 18.1. The Labute approximate surface area is 169 Å². The monoisotopic (exact) mass is 393 g/mol. The Morgan fingerprint density at radius 1 is 1.07 bits per heavy atom. The van der Waals surface area contributed by atoms with Gasteiger partial charge in [0.1, 0.15) is 13.2 Å². The number of carbonyl (C=O) groups excluding carboxylic acids is 2. The summed E-state index contributed by atoms with van der Waals surface area (Å²) in [6.07, 6.45) is 5.24. The van der Waals surface area contributed by atoms with Gasteiger partial charge in [-0.2, -0.15) is 0 Å². The van der Waals surface area contributed by atoms with E-state index in [0.29, 0.717) is 18.8 Å². The highest BCUT2D eigenvalue weighted by Gasteiger charge is 2.29. The van der Waals surface area contributed by atoms with Crippen LogP contribution in [0.25, 0.3) is 6.08 Å². The molecule has 2 aliphatic heterocycles. The number of benzene rings is 2. The number of methoxy groups -OCH3 is 1. The van der Waals surface area contributed by atoms with Crippen molar-refractivity contribution in [3.63, 3.8) is 0 Å². The molecule has 6 heteroatoms. The van der Waals surface area contributed by atoms with Crippen LogP contribution in [0, 0.1) is 0 Å². The molecule has 1 saturated heterocycles. The highest BCUT2D eigenvalue weighted by atomic mass is 16.6. The lowest BCUT2D eigenvalue weighted by Gasteiger charge is -2.26. The molecule has 6 nitrogen and oxygen atoms in total. The maximum absolute atomic E-state index is 12.8. The van der Waals surface area contributed by atoms with E-state index >= 15 is 0 Å². The van der Waals surface area contributed by atoms with Crippen molar-refractivity contribution < 1.29 is 23.8 Å². The molecule has 0 saturated carbocycles. The fraction of sp³-hybridized carbons (Fsp3) is 0.304. The maximum Gasteiger partial charge on any atom is 0.337 e. The molecule has 1 amide bonds. The molecule has 2 aromatic carbocycles. The van der Waals surface area contributed by atoms with Crippen LogP contribution >= 0.6 is 0 Å². The lowest BCUT2D eigenvalue weighted by molar-refractivity contribution is -0.126. The van der Waals surface area contributed by atoms with E-state index in [-0.39, 0.29) is 17.9 Å². The molecule has 2 aliphatic rings. The molecule has 1 atom stereocenters. The molecule has 0 spiro atoms. The van der Waals surface area contributed by atoms with Gasteiger partial charge in [0.05, 0.1) is 18.7 Å². The van der Waals surface area contributed by atoms with Gasteiger partial charge in [-0.15, -0.1) is 0 Å². The Bertz CT molecular complexity index is 935. The third kappa shape index (κ3) is 4.11. The molecule has 0 aromatic heterocycles. The molecule has 2 aromatic rings. The van der Waals surface area contributed by atoms with Gasteiger partial charge in [0, 0.05) is 12.6 Å². The second-order valence-corrected chi connectivity index (χ2v) is 7.04. The molecular weight excluding hydrogens is 370 g/mol. The van der Waals surface area contributed by atoms with Gasteiger partial charge in [0.25, 0.3) is 0 Å². The molecule has 4 rings (SSSR count). The zero-order chi connectivity index (χ0) is 20.2. The number of ether oxygens (including phenoxy) is 3. The predicted molar refractivity (Wildman–Crippen MR) is 108 cm³/mol. The van der Waals surface area contributed by atoms with E-state index in [9.17, 15) is 9.59 Å². The largest absolute Gasteiger partial charge is 0.486 e. The highest BCUT2D eigenvalue weighted by Crippen LogP contribution is 2.38. The summed E-state index contributed by atoms with van der Waals surface area (Å²) in [5.41, 5.74) is 2.39. The SMILES string of the molecule is COC(=O)c1ccc(/C=C/C(=O)N2CCCC2c2ccc3c(c2)OCCO3)cc1. The number of carbonyl (C=O) groups is 2. The topological polar surface area (TPSA) is 65.1 Å². The van der Waals surface area contributed by atoms with Crippen LogP contribution in [0.3, 0.4) is 0 Å². The number of rotatable bonds is 4. The second-order valence-electron chi connectivity index (χ2n) is 7.04. The van der Waals surface area contributed by atoms with Crippen molar-refractivity contribution in [1.29, 1.82) is 0 Å². The summed E-state index contributed by atoms with van der Waals surface area (Å²) in [4.78, 5) is 26.2. The van der Waals surface area contributed by atoms with Crippen molar-refractivity contribution in [2.45, 2.75) is 18.9 Å². The zero-order valence-electron chi connectivity index (χ0n) is 16.3. The minimum absolute atomic E-state index is 0.0283. The summed E-state index contributed by atoms with van der Waals surface area (Å²) < 4.78 is 16.0. The van der Waals surface area contributed by atoms with Gasteiger partial charge < -0.3 is 19.1 Å². The van der Waals surface area contributed by atoms with Crippen LogP contribution in [0.2, 0.25) is 0 Å². The first kappa shape index (κ1) is 19.1. The van der Waals surface area contributed by atoms with Gasteiger partial charge in [-0.1, -0.05) is 18.2 Å². The lowest BCUT2D eigenvalue weighted by Crippen LogP contribution is -2.29. The Balaban J connectivity index is 1.46. The number of likely N-dealkylation sites (tertiary alicyclic amines) is 1. The fourth-order valence-electron chi connectivity index (χ4n) is 3.76. The minimum atomic E-state index is -0.379. The van der Waals surface area contributed by atoms with Crippen LogP contribution in [0.5, 0.6) is 11.5 Å². The average molecular weight is 393 g/mol. The highest BCUT2D eigenvalue weighted by molar-refractivity contribution is 5.93. The van der Waals surface area contributed by atoms with Crippen molar-refractivity contribution in [1.82, 2.24) is 4.90 Å². The van der Waals surface area contributed by atoms with E-state index in [1.165, 1.54) is 7.11 Å². The molecule has 0 bridgehead atoms. The molecule has 150 valence electrons. The number of esters is 1. The first-order valence-corrected chi connectivity index (χ1v) is 9.72. The minimum Gasteiger partial charge on any atom is -0.486 e. The third-order valence-electron chi connectivity index (χ3n) is 5.24. The smallest absolute Gasteiger partial charge is 0.337 e. The number of fused-ring (bicyclic) bond motifs is 1. The van der Waals surface area contributed by atoms with Gasteiger partial charge in [0.15, 0.2) is 11.5 Å². The number of amides is 1. The maximum atomic E-state index is 12.8. The van der Waals surface area contributed by atoms with Crippen LogP contribution in [0.1, 0.15) is 40.4 Å². The van der Waals surface area contributed by atoms with Gasteiger partial charge in [-0.25, -0.2) is 4.79 Å². The van der Waals surface area contributed by atoms with E-state index in [1.807, 2.05) is 23.1 Å². The van der Waals surface area contributed by atoms with Crippen LogP contribution in [-0.2, 0) is 9.53 Å². The predicted octanol–water partition coefficient (Wildman–Crippen LogP) is 3.62. The first-order chi connectivity index (χ1) is 14.2. The quantitative estimate of drug-likeness (QED) is 0.586. The summed E-state index contributed by atoms with van der Waals surface area (Å²) in [5, 5.41) is 0. The van der Waals surface area contributed by atoms with E-state index in [2.05, 4.69) is 0 Å². The van der Waals surface area contributed by atoms with Crippen molar-refractivity contribution in [2.24, 2.45) is 0 Å². The molecule has 29 heavy (non-hydrogen) atoms. The van der Waals surface area contributed by atoms with Gasteiger partial charge in [-0.05, 0) is 54.3 Å². The van der Waals surface area contributed by atoms with E-state index < -0.39 is 0 Å². The molecule has 0 radical (unpaired) electrons. The zero-order valence-corrected chi connectivity index (χ0v) is 16.3. The van der Waals surface area contributed by atoms with Crippen LogP contribution in [0.4, 0.5) is 0 Å². The Kier molecular flexibility index (Phi) is 5.51. The second kappa shape index (κ2) is 8.39. The Hall–Kier alpha value is -3.28. The molecule has 0 N–H and O–H groups in total. The van der Waals surface area contributed by atoms with Crippen molar-refractivity contribution in [3.05, 3.63) is 65.2 Å². The van der Waals surface area contributed by atoms with Crippen molar-refractivity contribution >= 4 is 18.0 Å². The lowest BCUT2D eigenvalue weighted by atomic mass is 10.0. The molecule has 0 aliphatic carbocycles. The van der Waals surface area contributed by atoms with E-state index in [0.717, 1.165) is 42.0 Å². The third-order valence-corrected chi connectivity index (χ3v) is 5.24. The standard InChI is InChI=1S/C23H23NO5/c1-27-23(26)17-7-4-16(5-8-17)6-11-22(25)24-12-2-3-19(24)18-9-10-20-21(15-18)29-14-13-28-20/h4-11,15,19H,2-3,12-14H2,1H3/b11-6+. The fourth-order valence-corrected chi connectivity index (χ4v) is 3.76. The number of nitrogens with zero attached hydrogens (tertiary/aromatic N) is 1. The van der Waals surface area contributed by atoms with E-state index in [1.54, 1.807) is 36.4 Å². The van der Waals surface area contributed by atoms with Crippen molar-refractivity contribution in [3.8, 4) is 11.5 Å². The number of hydrogen-bond donors (Lipinski definition) is 0. The first-order valence-electron chi connectivity index (χ1n) is 9.72. The molecule has 1 unspecified atom stereocenters. The molecule has 2 heterocycles. The van der Waals surface area contributed by atoms with Gasteiger partial charge in [0.2, 0.25) is 5.91 Å². The van der Waals surface area contributed by atoms with Crippen LogP contribution < -0.4 is 9.47 Å². The summed E-state index contributed by atoms with van der Waals surface area (Å²) >= 11 is 0. The summed E-state index contributed by atoms with van der Waals surface area (Å²) in [5.74, 6) is 1.09. The molecule has 1 fully saturated rings. The summed E-state index contributed by atoms with van der Waals surface area (Å²) in [6.45, 7) is 1.83. The summed E-state index contributed by atoms with van der Waals surface area (Å²) in [7, 11) is 1.35. The van der Waals surface area contributed by atoms with Crippen molar-refractivity contribution in [2.75, 3.05) is 26.9 Å². The van der Waals surface area contributed by atoms with Crippen LogP contribution in [0.15, 0.2) is 48.5 Å². The van der Waals surface area contributed by atoms with Gasteiger partial charge in [-0.3, -0.25) is 4.79 Å².